The quantitative estimate of drug-likeness (QED) is 0.0118. The van der Waals surface area contributed by atoms with Crippen molar-refractivity contribution in [1.29, 1.82) is 0 Å². The van der Waals surface area contributed by atoms with Gasteiger partial charge < -0.3 is 69.6 Å². The minimum Gasteiger partial charge on any atom is -0.462 e. The number of nitrogen functional groups attached to an aromatic ring is 8. The molecular weight excluding hydrogens is 1290 g/mol. The zero-order valence-electron chi connectivity index (χ0n) is 55.1. The van der Waals surface area contributed by atoms with Crippen LogP contribution in [0.25, 0.3) is 33.7 Å². The number of esters is 5. The molecule has 1 aliphatic carbocycles. The third-order valence-corrected chi connectivity index (χ3v) is 14.9. The summed E-state index contributed by atoms with van der Waals surface area (Å²) in [5.74, 6) is -1.67. The van der Waals surface area contributed by atoms with E-state index in [0.29, 0.717) is 111 Å². The number of fused-ring (bicyclic) bond motifs is 2. The first-order chi connectivity index (χ1) is 48.4. The lowest BCUT2D eigenvalue weighted by Gasteiger charge is -2.28. The second kappa shape index (κ2) is 35.9. The van der Waals surface area contributed by atoms with Crippen LogP contribution in [0.1, 0.15) is 107 Å². The second-order valence-electron chi connectivity index (χ2n) is 23.2. The Morgan fingerprint density at radius 2 is 0.782 bits per heavy atom. The van der Waals surface area contributed by atoms with Crippen molar-refractivity contribution in [1.82, 2.24) is 4.98 Å². The number of hydrogen-bond donors (Lipinski definition) is 8. The minimum atomic E-state index is -4.00. The molecule has 11 aromatic rings. The average molecular weight is 1370 g/mol. The minimum absolute atomic E-state index is 0.152. The van der Waals surface area contributed by atoms with E-state index in [2.05, 4.69) is 23.2 Å². The summed E-state index contributed by atoms with van der Waals surface area (Å²) < 4.78 is 58.2. The Labute approximate surface area is 581 Å². The molecule has 1 fully saturated rings. The number of anilines is 8. The van der Waals surface area contributed by atoms with Gasteiger partial charge in [-0.1, -0.05) is 127 Å². The number of alkyl halides is 3. The van der Waals surface area contributed by atoms with Crippen LogP contribution in [0.15, 0.2) is 237 Å². The second-order valence-corrected chi connectivity index (χ2v) is 23.2. The Morgan fingerprint density at radius 1 is 0.416 bits per heavy atom. The van der Waals surface area contributed by atoms with Crippen LogP contribution in [0.3, 0.4) is 0 Å². The van der Waals surface area contributed by atoms with Gasteiger partial charge in [-0.05, 0) is 174 Å². The van der Waals surface area contributed by atoms with Crippen molar-refractivity contribution in [2.75, 3.05) is 52.5 Å². The molecule has 0 atom stereocenters. The number of nitrogens with two attached hydrogens (primary N) is 8. The Bertz CT molecular complexity index is 4510. The topological polar surface area (TPSA) is 353 Å². The maximum absolute atomic E-state index is 12.5. The van der Waals surface area contributed by atoms with E-state index in [4.69, 9.17) is 69.6 Å². The molecule has 0 aliphatic heterocycles. The first-order valence-electron chi connectivity index (χ1n) is 31.7. The highest BCUT2D eigenvalue weighted by molar-refractivity contribution is 6.03. The molecule has 0 spiro atoms. The van der Waals surface area contributed by atoms with Crippen LogP contribution in [0, 0.1) is 0 Å². The van der Waals surface area contributed by atoms with Gasteiger partial charge in [0.25, 0.3) is 0 Å². The van der Waals surface area contributed by atoms with Crippen LogP contribution in [0.4, 0.5) is 58.7 Å². The van der Waals surface area contributed by atoms with Gasteiger partial charge in [-0.3, -0.25) is 4.98 Å². The highest BCUT2D eigenvalue weighted by Gasteiger charge is 2.27. The van der Waals surface area contributed by atoms with Crippen molar-refractivity contribution in [3.63, 3.8) is 0 Å². The number of rotatable bonds is 15. The SMILES string of the molecule is CC(F)(F)F.Nc1cc(N)cc(C(=O)OC2CCC(OC(=O)c3ccccc3)CC2)c1.Nc1cc(N)cc(C(=O)OCCc2ccccn2)c1.Nc1cc(N)cc(C(=O)OCc2c3ccccc3cc3ccccc23)c1.Nc1cc(N)cc(C(=O)Oc2ccc(/C=C\c3ccccc3)cc2)c1. The molecule has 0 radical (unpaired) electrons. The first-order valence-corrected chi connectivity index (χ1v) is 31.7. The molecule has 0 saturated heterocycles. The fourth-order valence-corrected chi connectivity index (χ4v) is 10.4. The maximum Gasteiger partial charge on any atom is 0.386 e. The van der Waals surface area contributed by atoms with Crippen LogP contribution in [0.2, 0.25) is 0 Å². The molecule has 0 unspecified atom stereocenters. The summed E-state index contributed by atoms with van der Waals surface area (Å²) in [6.07, 6.45) is 4.57. The van der Waals surface area contributed by atoms with Crippen molar-refractivity contribution in [2.24, 2.45) is 0 Å². The summed E-state index contributed by atoms with van der Waals surface area (Å²) >= 11 is 0. The van der Waals surface area contributed by atoms with Crippen LogP contribution in [-0.2, 0) is 32.0 Å². The molecule has 16 N–H and O–H groups in total. The van der Waals surface area contributed by atoms with Crippen molar-refractivity contribution in [3.05, 3.63) is 287 Å². The zero-order valence-corrected chi connectivity index (χ0v) is 55.1. The Hall–Kier alpha value is -12.9. The molecule has 22 heteroatoms. The van der Waals surface area contributed by atoms with E-state index in [0.717, 1.165) is 43.9 Å². The van der Waals surface area contributed by atoms with E-state index < -0.39 is 30.1 Å². The predicted octanol–water partition coefficient (Wildman–Crippen LogP) is 15.1. The number of pyridine rings is 1. The molecule has 518 valence electrons. The molecule has 1 heterocycles. The number of nitrogens with zero attached hydrogens (tertiary/aromatic N) is 1. The normalized spacial score (nSPS) is 13.0. The van der Waals surface area contributed by atoms with Gasteiger partial charge in [-0.25, -0.2) is 24.0 Å². The summed E-state index contributed by atoms with van der Waals surface area (Å²) in [7, 11) is 0. The molecule has 1 saturated carbocycles. The molecule has 0 bridgehead atoms. The average Bonchev–Trinajstić information content (AvgIpc) is 0.774. The highest BCUT2D eigenvalue weighted by atomic mass is 19.4. The fraction of sp³-hybridized carbons (Fsp3) is 0.139. The smallest absolute Gasteiger partial charge is 0.386 e. The standard InChI is InChI=1S/C22H18N2O2.C21H18N2O2.C20H22N2O4.C14H15N3O2.C2H3F3/c23-17-10-16(11-18(24)12-17)22(25)26-13-21-19-7-3-1-5-14(19)9-15-6-2-4-8-20(15)21;22-18-12-17(13-19(23)14-18)21(24)25-20-10-8-16(9-11-20)7-6-15-4-2-1-3-5-15;21-15-10-14(11-16(22)12-15)20(24)26-18-8-6-17(7-9-18)25-19(23)13-4-2-1-3-5-13;15-11-7-10(8-12(16)9-11)14(18)19-6-4-13-3-1-2-5-17-13;1-2(3,4)5/h1-12H,13,23-24H2;1-14H,22-23H2;1-5,10-12,17-18H,6-9,21-22H2;1-3,5,7-9H,4,6,15-16H2;1H3/b;7-6-;;;. The van der Waals surface area contributed by atoms with Crippen molar-refractivity contribution in [3.8, 4) is 5.75 Å². The van der Waals surface area contributed by atoms with Crippen LogP contribution in [0.5, 0.6) is 5.75 Å². The molecule has 1 aromatic heterocycles. The summed E-state index contributed by atoms with van der Waals surface area (Å²) in [6.45, 7) is 0.632. The Kier molecular flexibility index (Phi) is 26.3. The molecule has 10 aromatic carbocycles. The van der Waals surface area contributed by atoms with E-state index in [1.807, 2.05) is 115 Å². The molecule has 19 nitrogen and oxygen atoms in total. The maximum atomic E-state index is 12.5. The van der Waals surface area contributed by atoms with Gasteiger partial charge in [-0.15, -0.1) is 0 Å². The Balaban J connectivity index is 0.000000168. The number of carbonyl (C=O) groups excluding carboxylic acids is 5. The molecule has 101 heavy (non-hydrogen) atoms. The number of halogens is 3. The van der Waals surface area contributed by atoms with E-state index >= 15 is 0 Å². The van der Waals surface area contributed by atoms with Crippen molar-refractivity contribution in [2.45, 2.75) is 64.0 Å². The van der Waals surface area contributed by atoms with Crippen LogP contribution < -0.4 is 50.6 Å². The third kappa shape index (κ3) is 24.3. The monoisotopic (exact) mass is 1370 g/mol. The van der Waals surface area contributed by atoms with E-state index in [1.54, 1.807) is 103 Å². The zero-order chi connectivity index (χ0) is 72.4. The molecule has 1 aliphatic rings. The van der Waals surface area contributed by atoms with E-state index in [1.165, 1.54) is 12.1 Å². The third-order valence-electron chi connectivity index (χ3n) is 14.9. The van der Waals surface area contributed by atoms with Gasteiger partial charge in [0.1, 0.15) is 24.6 Å². The summed E-state index contributed by atoms with van der Waals surface area (Å²) in [6, 6.07) is 68.9. The summed E-state index contributed by atoms with van der Waals surface area (Å²) in [4.78, 5) is 64.9. The lowest BCUT2D eigenvalue weighted by atomic mass is 9.95. The first kappa shape index (κ1) is 74.0. The number of aromatic nitrogens is 1. The van der Waals surface area contributed by atoms with Gasteiger partial charge in [0, 0.05) is 76.3 Å². The molecule has 12 rings (SSSR count). The fourth-order valence-electron chi connectivity index (χ4n) is 10.4. The lowest BCUT2D eigenvalue weighted by Crippen LogP contribution is -2.29. The van der Waals surface area contributed by atoms with Crippen LogP contribution in [-0.4, -0.2) is 59.8 Å². The van der Waals surface area contributed by atoms with E-state index in [9.17, 15) is 37.1 Å². The molecular formula is C79H76F3N9O10. The van der Waals surface area contributed by atoms with Gasteiger partial charge in [-0.2, -0.15) is 13.2 Å². The summed E-state index contributed by atoms with van der Waals surface area (Å²) in [5.41, 5.74) is 55.0. The van der Waals surface area contributed by atoms with Gasteiger partial charge in [0.2, 0.25) is 0 Å². The van der Waals surface area contributed by atoms with Crippen molar-refractivity contribution >= 4 is 109 Å². The van der Waals surface area contributed by atoms with Crippen LogP contribution >= 0.6 is 0 Å². The van der Waals surface area contributed by atoms with Gasteiger partial charge in [0.05, 0.1) is 34.4 Å². The summed E-state index contributed by atoms with van der Waals surface area (Å²) in [5, 5.41) is 4.38. The predicted molar refractivity (Wildman–Crippen MR) is 392 cm³/mol. The highest BCUT2D eigenvalue weighted by Crippen LogP contribution is 2.31. The van der Waals surface area contributed by atoms with Gasteiger partial charge in [0.15, 0.2) is 0 Å². The number of benzene rings is 10. The Morgan fingerprint density at radius 3 is 1.22 bits per heavy atom. The van der Waals surface area contributed by atoms with E-state index in [-0.39, 0.29) is 38.3 Å². The van der Waals surface area contributed by atoms with Gasteiger partial charge >= 0.3 is 36.0 Å². The number of ether oxygens (including phenoxy) is 5. The number of carbonyl (C=O) groups is 5. The number of hydrogen-bond acceptors (Lipinski definition) is 19. The molecule has 0 amide bonds. The van der Waals surface area contributed by atoms with Crippen molar-refractivity contribution < 1.29 is 60.8 Å². The largest absolute Gasteiger partial charge is 0.462 e. The lowest BCUT2D eigenvalue weighted by molar-refractivity contribution is -0.110.